The zero-order valence-corrected chi connectivity index (χ0v) is 18.8. The molecule has 0 saturated carbocycles. The molecule has 0 bridgehead atoms. The van der Waals surface area contributed by atoms with Gasteiger partial charge in [-0.3, -0.25) is 14.4 Å². The smallest absolute Gasteiger partial charge is 0.277 e. The summed E-state index contributed by atoms with van der Waals surface area (Å²) in [6.07, 6.45) is 0.855. The molecule has 0 unspecified atom stereocenters. The number of hydroxylamine groups is 1. The number of hydrogen-bond donors (Lipinski definition) is 3. The lowest BCUT2D eigenvalue weighted by Gasteiger charge is -2.16. The molecule has 0 aromatic heterocycles. The van der Waals surface area contributed by atoms with Gasteiger partial charge in [-0.1, -0.05) is 11.2 Å². The molecule has 34 heavy (non-hydrogen) atoms. The number of rotatable bonds is 11. The van der Waals surface area contributed by atoms with Crippen molar-refractivity contribution in [2.75, 3.05) is 38.7 Å². The number of aliphatic hydroxyl groups excluding tert-OH is 1. The summed E-state index contributed by atoms with van der Waals surface area (Å²) in [6, 6.07) is 5.01. The van der Waals surface area contributed by atoms with Gasteiger partial charge in [-0.2, -0.15) is 0 Å². The van der Waals surface area contributed by atoms with E-state index >= 15 is 0 Å². The number of nitrogens with zero attached hydrogens (tertiary/aromatic N) is 2. The van der Waals surface area contributed by atoms with Gasteiger partial charge < -0.3 is 20.2 Å². The highest BCUT2D eigenvalue weighted by atomic mass is 19.2. The largest absolute Gasteiger partial charge is 0.394 e. The van der Waals surface area contributed by atoms with Gasteiger partial charge in [-0.25, -0.2) is 18.7 Å². The van der Waals surface area contributed by atoms with E-state index < -0.39 is 46.8 Å². The van der Waals surface area contributed by atoms with Crippen LogP contribution in [0.2, 0.25) is 0 Å². The summed E-state index contributed by atoms with van der Waals surface area (Å²) in [7, 11) is 1.55. The minimum atomic E-state index is -1.47. The fourth-order valence-electron chi connectivity index (χ4n) is 2.60. The topological polar surface area (TPSA) is 112 Å². The molecule has 9 nitrogen and oxygen atoms in total. The number of aryl methyl sites for hydroxylation is 1. The summed E-state index contributed by atoms with van der Waals surface area (Å²) in [4.78, 5) is 34.8. The Bertz CT molecular complexity index is 1070. The van der Waals surface area contributed by atoms with Crippen molar-refractivity contribution >= 4 is 29.4 Å². The number of likely N-dealkylation sites (N-methyl/N-ethyl adjacent to an activating group) is 1. The lowest BCUT2D eigenvalue weighted by Crippen LogP contribution is -2.27. The molecule has 0 atom stereocenters. The average molecular weight is 482 g/mol. The number of carbonyl (C=O) groups excluding carboxylic acids is 2. The van der Waals surface area contributed by atoms with Crippen molar-refractivity contribution < 1.29 is 37.5 Å². The molecular weight excluding hydrogens is 457 g/mol. The molecule has 0 fully saturated rings. The number of aliphatic hydroxyl groups is 1. The fourth-order valence-corrected chi connectivity index (χ4v) is 2.60. The molecule has 2 rings (SSSR count). The molecule has 3 N–H and O–H groups in total. The summed E-state index contributed by atoms with van der Waals surface area (Å²) in [6.45, 7) is 2.58. The van der Waals surface area contributed by atoms with Crippen molar-refractivity contribution in [2.45, 2.75) is 13.8 Å². The molecule has 2 aromatic carbocycles. The van der Waals surface area contributed by atoms with E-state index in [0.29, 0.717) is 5.56 Å². The molecule has 2 aromatic rings. The van der Waals surface area contributed by atoms with Crippen LogP contribution in [0.1, 0.15) is 28.4 Å². The third-order valence-electron chi connectivity index (χ3n) is 4.54. The van der Waals surface area contributed by atoms with Crippen molar-refractivity contribution in [1.82, 2.24) is 10.4 Å². The zero-order chi connectivity index (χ0) is 25.3. The normalized spacial score (nSPS) is 10.9. The van der Waals surface area contributed by atoms with Gasteiger partial charge in [0.1, 0.15) is 12.4 Å². The number of anilines is 2. The molecule has 0 spiro atoms. The molecule has 2 amide bonds. The maximum Gasteiger partial charge on any atom is 0.277 e. The Morgan fingerprint density at radius 2 is 1.91 bits per heavy atom. The summed E-state index contributed by atoms with van der Waals surface area (Å²) in [5, 5.41) is 14.7. The van der Waals surface area contributed by atoms with E-state index in [0.717, 1.165) is 12.3 Å². The predicted molar refractivity (Wildman–Crippen MR) is 118 cm³/mol. The van der Waals surface area contributed by atoms with Gasteiger partial charge in [0, 0.05) is 19.5 Å². The first kappa shape index (κ1) is 26.6. The number of oxime groups is 1. The number of halogens is 3. The van der Waals surface area contributed by atoms with Crippen molar-refractivity contribution in [3.8, 4) is 0 Å². The highest BCUT2D eigenvalue weighted by molar-refractivity contribution is 6.01. The number of benzene rings is 2. The SMILES string of the molecule is CC(=O)N(C)CCON=Cc1cc(C(=O)NOCCO)c(Nc2ccc(C)cc2F)c(F)c1F. The van der Waals surface area contributed by atoms with Crippen LogP contribution in [-0.2, 0) is 14.5 Å². The molecular formula is C22H25F3N4O5. The van der Waals surface area contributed by atoms with Crippen LogP contribution >= 0.6 is 0 Å². The quantitative estimate of drug-likeness (QED) is 0.258. The highest BCUT2D eigenvalue weighted by Gasteiger charge is 2.23. The Kier molecular flexibility index (Phi) is 9.83. The first-order valence-electron chi connectivity index (χ1n) is 10.1. The molecule has 12 heteroatoms. The van der Waals surface area contributed by atoms with Crippen LogP contribution in [0.4, 0.5) is 24.5 Å². The molecule has 0 saturated heterocycles. The summed E-state index contributed by atoms with van der Waals surface area (Å²) in [5.74, 6) is -4.74. The van der Waals surface area contributed by atoms with E-state index in [4.69, 9.17) is 14.8 Å². The van der Waals surface area contributed by atoms with Crippen LogP contribution in [0.15, 0.2) is 29.4 Å². The maximum atomic E-state index is 15.0. The van der Waals surface area contributed by atoms with Crippen LogP contribution in [0.25, 0.3) is 0 Å². The molecule has 0 aliphatic carbocycles. The van der Waals surface area contributed by atoms with E-state index in [1.807, 2.05) is 5.48 Å². The first-order valence-corrected chi connectivity index (χ1v) is 10.1. The Morgan fingerprint density at radius 3 is 2.56 bits per heavy atom. The van der Waals surface area contributed by atoms with Gasteiger partial charge in [0.25, 0.3) is 5.91 Å². The monoisotopic (exact) mass is 482 g/mol. The van der Waals surface area contributed by atoms with E-state index in [1.165, 1.54) is 24.0 Å². The minimum Gasteiger partial charge on any atom is -0.394 e. The Labute approximate surface area is 194 Å². The third kappa shape index (κ3) is 7.18. The van der Waals surface area contributed by atoms with Crippen LogP contribution in [0.3, 0.4) is 0 Å². The van der Waals surface area contributed by atoms with E-state index in [2.05, 4.69) is 10.5 Å². The van der Waals surface area contributed by atoms with Crippen LogP contribution in [0.5, 0.6) is 0 Å². The van der Waals surface area contributed by atoms with Crippen molar-refractivity contribution in [1.29, 1.82) is 0 Å². The first-order chi connectivity index (χ1) is 16.1. The second kappa shape index (κ2) is 12.6. The predicted octanol–water partition coefficient (Wildman–Crippen LogP) is 2.64. The maximum absolute atomic E-state index is 15.0. The van der Waals surface area contributed by atoms with Gasteiger partial charge in [-0.05, 0) is 30.7 Å². The van der Waals surface area contributed by atoms with Crippen LogP contribution in [0, 0.1) is 24.4 Å². The number of carbonyl (C=O) groups is 2. The third-order valence-corrected chi connectivity index (χ3v) is 4.54. The second-order valence-electron chi connectivity index (χ2n) is 7.14. The number of hydrogen-bond acceptors (Lipinski definition) is 7. The van der Waals surface area contributed by atoms with Crippen LogP contribution in [-0.4, -0.2) is 61.4 Å². The van der Waals surface area contributed by atoms with Gasteiger partial charge in [0.15, 0.2) is 11.6 Å². The Hall–Kier alpha value is -3.64. The number of amides is 2. The van der Waals surface area contributed by atoms with Crippen LogP contribution < -0.4 is 10.8 Å². The average Bonchev–Trinajstić information content (AvgIpc) is 2.79. The summed E-state index contributed by atoms with van der Waals surface area (Å²) >= 11 is 0. The van der Waals surface area contributed by atoms with Gasteiger partial charge >= 0.3 is 0 Å². The van der Waals surface area contributed by atoms with Gasteiger partial charge in [0.05, 0.1) is 42.9 Å². The Balaban J connectivity index is 2.35. The zero-order valence-electron chi connectivity index (χ0n) is 18.8. The molecule has 0 heterocycles. The highest BCUT2D eigenvalue weighted by Crippen LogP contribution is 2.30. The van der Waals surface area contributed by atoms with Gasteiger partial charge in [-0.15, -0.1) is 0 Å². The fraction of sp³-hybridized carbons (Fsp3) is 0.318. The van der Waals surface area contributed by atoms with E-state index in [-0.39, 0.29) is 31.4 Å². The molecule has 184 valence electrons. The van der Waals surface area contributed by atoms with Crippen molar-refractivity contribution in [3.05, 3.63) is 58.4 Å². The molecule has 0 aliphatic heterocycles. The van der Waals surface area contributed by atoms with E-state index in [9.17, 15) is 22.8 Å². The lowest BCUT2D eigenvalue weighted by molar-refractivity contribution is -0.128. The van der Waals surface area contributed by atoms with E-state index in [1.54, 1.807) is 20.0 Å². The summed E-state index contributed by atoms with van der Waals surface area (Å²) in [5.41, 5.74) is 0.919. The lowest BCUT2D eigenvalue weighted by atomic mass is 10.1. The summed E-state index contributed by atoms with van der Waals surface area (Å²) < 4.78 is 44.0. The van der Waals surface area contributed by atoms with Crippen molar-refractivity contribution in [3.63, 3.8) is 0 Å². The molecule has 0 radical (unpaired) electrons. The van der Waals surface area contributed by atoms with Crippen molar-refractivity contribution in [2.24, 2.45) is 5.16 Å². The van der Waals surface area contributed by atoms with Gasteiger partial charge in [0.2, 0.25) is 5.91 Å². The standard InChI is InChI=1S/C22H25F3N4O5/c1-13-4-5-18(17(23)10-13)27-21-16(22(32)28-34-9-7-30)11-15(19(24)20(21)25)12-26-33-8-6-29(3)14(2)31/h4-5,10-12,27,30H,6-9H2,1-3H3,(H,28,32). The number of nitrogens with one attached hydrogen (secondary N) is 2. The molecule has 0 aliphatic rings. The minimum absolute atomic E-state index is 0.00857. The second-order valence-corrected chi connectivity index (χ2v) is 7.14. The Morgan fingerprint density at radius 1 is 1.18 bits per heavy atom.